The number of nitrogens with zero attached hydrogens (tertiary/aromatic N) is 4. The number of aromatic nitrogens is 4. The highest BCUT2D eigenvalue weighted by Crippen LogP contribution is 2.18. The molecule has 0 aliphatic heterocycles. The maximum Gasteiger partial charge on any atom is 0.216 e. The number of para-hydroxylation sites is 1. The molecule has 2 heterocycles. The molecule has 0 spiro atoms. The Morgan fingerprint density at radius 3 is 2.96 bits per heavy atom. The smallest absolute Gasteiger partial charge is 0.216 e. The first-order valence-electron chi connectivity index (χ1n) is 7.24. The van der Waals surface area contributed by atoms with Crippen molar-refractivity contribution in [3.05, 3.63) is 71.8 Å². The van der Waals surface area contributed by atoms with Crippen molar-refractivity contribution in [1.29, 1.82) is 0 Å². The zero-order chi connectivity index (χ0) is 16.8. The maximum atomic E-state index is 5.62. The number of aromatic amines is 1. The van der Waals surface area contributed by atoms with Gasteiger partial charge in [-0.05, 0) is 36.5 Å². The molecule has 0 saturated carbocycles. The number of pyridine rings is 1. The van der Waals surface area contributed by atoms with E-state index < -0.39 is 0 Å². The van der Waals surface area contributed by atoms with Crippen molar-refractivity contribution in [3.63, 3.8) is 0 Å². The molecule has 1 N–H and O–H groups in total. The number of hydrogen-bond acceptors (Lipinski definition) is 5. The molecule has 24 heavy (non-hydrogen) atoms. The van der Waals surface area contributed by atoms with Gasteiger partial charge in [-0.15, -0.1) is 0 Å². The van der Waals surface area contributed by atoms with Crippen LogP contribution in [0.2, 0.25) is 0 Å². The van der Waals surface area contributed by atoms with Crippen LogP contribution in [0.3, 0.4) is 0 Å². The van der Waals surface area contributed by atoms with E-state index in [1.807, 2.05) is 36.4 Å². The van der Waals surface area contributed by atoms with E-state index in [-0.39, 0.29) is 0 Å². The molecule has 3 rings (SSSR count). The summed E-state index contributed by atoms with van der Waals surface area (Å²) < 4.78 is 7.57. The average Bonchev–Trinajstić information content (AvgIpc) is 3.00. The van der Waals surface area contributed by atoms with Gasteiger partial charge in [0.15, 0.2) is 5.82 Å². The fraction of sp³-hybridized carbons (Fsp3) is 0.0588. The van der Waals surface area contributed by atoms with Crippen LogP contribution in [0.15, 0.2) is 66.5 Å². The van der Waals surface area contributed by atoms with Gasteiger partial charge in [0.05, 0.1) is 6.21 Å². The summed E-state index contributed by atoms with van der Waals surface area (Å²) in [5, 5.41) is 11.4. The van der Waals surface area contributed by atoms with Crippen LogP contribution in [0, 0.1) is 4.77 Å². The van der Waals surface area contributed by atoms with E-state index in [2.05, 4.69) is 26.9 Å². The van der Waals surface area contributed by atoms with Crippen LogP contribution in [0.25, 0.3) is 11.4 Å². The van der Waals surface area contributed by atoms with Gasteiger partial charge in [0.25, 0.3) is 0 Å². The number of H-pyrrole nitrogens is 1. The van der Waals surface area contributed by atoms with Crippen LogP contribution in [-0.2, 0) is 0 Å². The Morgan fingerprint density at radius 2 is 2.17 bits per heavy atom. The Labute approximate surface area is 144 Å². The standard InChI is InChI=1S/C17H15N5OS/c1-2-10-23-15-8-4-3-6-13(15)12-19-22-16(20-21-17(22)24)14-7-5-9-18-11-14/h2-9,11-12H,1,10H2,(H,21,24)/b19-12+. The van der Waals surface area contributed by atoms with Crippen LogP contribution >= 0.6 is 12.2 Å². The van der Waals surface area contributed by atoms with Crippen molar-refractivity contribution in [2.24, 2.45) is 5.10 Å². The van der Waals surface area contributed by atoms with E-state index in [0.717, 1.165) is 16.9 Å². The van der Waals surface area contributed by atoms with Crippen LogP contribution in [0.5, 0.6) is 5.75 Å². The molecule has 0 fully saturated rings. The summed E-state index contributed by atoms with van der Waals surface area (Å²) in [6, 6.07) is 11.3. The number of rotatable bonds is 6. The van der Waals surface area contributed by atoms with Gasteiger partial charge in [0.1, 0.15) is 12.4 Å². The molecule has 0 saturated heterocycles. The minimum atomic E-state index is 0.398. The van der Waals surface area contributed by atoms with Gasteiger partial charge in [0.2, 0.25) is 4.77 Å². The Bertz CT molecular complexity index is 914. The first-order valence-corrected chi connectivity index (χ1v) is 7.65. The van der Waals surface area contributed by atoms with E-state index in [0.29, 0.717) is 17.2 Å². The van der Waals surface area contributed by atoms with Gasteiger partial charge in [-0.3, -0.25) is 4.98 Å². The summed E-state index contributed by atoms with van der Waals surface area (Å²) in [4.78, 5) is 4.10. The predicted molar refractivity (Wildman–Crippen MR) is 95.8 cm³/mol. The van der Waals surface area contributed by atoms with Gasteiger partial charge in [-0.2, -0.15) is 14.9 Å². The molecule has 120 valence electrons. The molecule has 2 aromatic heterocycles. The molecule has 6 nitrogen and oxygen atoms in total. The molecule has 0 unspecified atom stereocenters. The Morgan fingerprint density at radius 1 is 1.29 bits per heavy atom. The highest BCUT2D eigenvalue weighted by atomic mass is 32.1. The third-order valence-corrected chi connectivity index (χ3v) is 3.42. The molecule has 0 bridgehead atoms. The third-order valence-electron chi connectivity index (χ3n) is 3.16. The second kappa shape index (κ2) is 7.47. The summed E-state index contributed by atoms with van der Waals surface area (Å²) >= 11 is 5.26. The summed E-state index contributed by atoms with van der Waals surface area (Å²) in [5.41, 5.74) is 1.65. The fourth-order valence-electron chi connectivity index (χ4n) is 2.07. The van der Waals surface area contributed by atoms with Gasteiger partial charge in [-0.25, -0.2) is 5.10 Å². The van der Waals surface area contributed by atoms with Crippen LogP contribution in [0.4, 0.5) is 0 Å². The number of nitrogens with one attached hydrogen (secondary N) is 1. The van der Waals surface area contributed by atoms with Crippen LogP contribution in [0.1, 0.15) is 5.56 Å². The Kier molecular flexibility index (Phi) is 4.93. The molecule has 0 radical (unpaired) electrons. The normalized spacial score (nSPS) is 10.8. The van der Waals surface area contributed by atoms with E-state index >= 15 is 0 Å². The Balaban J connectivity index is 1.95. The lowest BCUT2D eigenvalue weighted by atomic mass is 10.2. The molecular formula is C17H15N5OS. The van der Waals surface area contributed by atoms with Gasteiger partial charge >= 0.3 is 0 Å². The minimum Gasteiger partial charge on any atom is -0.489 e. The van der Waals surface area contributed by atoms with E-state index in [9.17, 15) is 0 Å². The van der Waals surface area contributed by atoms with E-state index in [4.69, 9.17) is 17.0 Å². The summed E-state index contributed by atoms with van der Waals surface area (Å²) in [7, 11) is 0. The largest absolute Gasteiger partial charge is 0.489 e. The zero-order valence-electron chi connectivity index (χ0n) is 12.8. The fourth-order valence-corrected chi connectivity index (χ4v) is 2.25. The Hall–Kier alpha value is -3.06. The molecule has 3 aromatic rings. The van der Waals surface area contributed by atoms with Crippen molar-refractivity contribution in [2.75, 3.05) is 6.61 Å². The molecule has 0 atom stereocenters. The highest BCUT2D eigenvalue weighted by molar-refractivity contribution is 7.71. The number of benzene rings is 1. The minimum absolute atomic E-state index is 0.398. The van der Waals surface area contributed by atoms with E-state index in [1.54, 1.807) is 29.4 Å². The zero-order valence-corrected chi connectivity index (χ0v) is 13.6. The van der Waals surface area contributed by atoms with Crippen LogP contribution < -0.4 is 4.74 Å². The molecule has 1 aromatic carbocycles. The molecule has 7 heteroatoms. The van der Waals surface area contributed by atoms with Crippen LogP contribution in [-0.4, -0.2) is 32.7 Å². The summed E-state index contributed by atoms with van der Waals surface area (Å²) in [6.45, 7) is 4.08. The van der Waals surface area contributed by atoms with Crippen molar-refractivity contribution in [3.8, 4) is 17.1 Å². The predicted octanol–water partition coefficient (Wildman–Crippen LogP) is 3.45. The summed E-state index contributed by atoms with van der Waals surface area (Å²) in [5.74, 6) is 1.31. The SMILES string of the molecule is C=CCOc1ccccc1/C=N/n1c(-c2cccnc2)n[nH]c1=S. The van der Waals surface area contributed by atoms with Gasteiger partial charge < -0.3 is 4.74 Å². The molecule has 0 aliphatic rings. The monoisotopic (exact) mass is 337 g/mol. The molecule has 0 aliphatic carbocycles. The highest BCUT2D eigenvalue weighted by Gasteiger charge is 2.08. The lowest BCUT2D eigenvalue weighted by molar-refractivity contribution is 0.362. The van der Waals surface area contributed by atoms with E-state index in [1.165, 1.54) is 0 Å². The second-order valence-electron chi connectivity index (χ2n) is 4.79. The first-order chi connectivity index (χ1) is 11.8. The van der Waals surface area contributed by atoms with Gasteiger partial charge in [0, 0.05) is 23.5 Å². The summed E-state index contributed by atoms with van der Waals surface area (Å²) in [6.07, 6.45) is 6.79. The number of ether oxygens (including phenoxy) is 1. The average molecular weight is 337 g/mol. The quantitative estimate of drug-likeness (QED) is 0.425. The first kappa shape index (κ1) is 15.8. The van der Waals surface area contributed by atoms with Gasteiger partial charge in [-0.1, -0.05) is 24.8 Å². The number of hydrogen-bond donors (Lipinski definition) is 1. The van der Waals surface area contributed by atoms with Crippen molar-refractivity contribution in [1.82, 2.24) is 19.9 Å². The maximum absolute atomic E-state index is 5.62. The third kappa shape index (κ3) is 3.47. The topological polar surface area (TPSA) is 68.1 Å². The second-order valence-corrected chi connectivity index (χ2v) is 5.17. The molecular weight excluding hydrogens is 322 g/mol. The van der Waals surface area contributed by atoms with Crippen molar-refractivity contribution >= 4 is 18.4 Å². The molecule has 0 amide bonds. The van der Waals surface area contributed by atoms with Crippen molar-refractivity contribution < 1.29 is 4.74 Å². The van der Waals surface area contributed by atoms with Crippen molar-refractivity contribution in [2.45, 2.75) is 0 Å². The lowest BCUT2D eigenvalue weighted by Crippen LogP contribution is -1.99. The lowest BCUT2D eigenvalue weighted by Gasteiger charge is -2.06.